The summed E-state index contributed by atoms with van der Waals surface area (Å²) in [5.74, 6) is -1.40. The zero-order valence-electron chi connectivity index (χ0n) is 12.3. The summed E-state index contributed by atoms with van der Waals surface area (Å²) in [6, 6.07) is 0.822. The van der Waals surface area contributed by atoms with Crippen LogP contribution in [0.25, 0.3) is 0 Å². The first-order valence-electron chi connectivity index (χ1n) is 6.94. The molecule has 0 aliphatic rings. The Morgan fingerprint density at radius 1 is 1.25 bits per heavy atom. The molecule has 4 nitrogen and oxygen atoms in total. The van der Waals surface area contributed by atoms with Gasteiger partial charge in [-0.15, -0.1) is 0 Å². The van der Waals surface area contributed by atoms with Gasteiger partial charge in [-0.3, -0.25) is 0 Å². The normalized spacial score (nSPS) is 13.9. The van der Waals surface area contributed by atoms with Gasteiger partial charge < -0.3 is 15.7 Å². The molecule has 114 valence electrons. The zero-order valence-corrected chi connectivity index (χ0v) is 12.3. The lowest BCUT2D eigenvalue weighted by Gasteiger charge is -2.30. The van der Waals surface area contributed by atoms with E-state index in [-0.39, 0.29) is 18.2 Å². The van der Waals surface area contributed by atoms with Crippen molar-refractivity contribution in [2.24, 2.45) is 0 Å². The van der Waals surface area contributed by atoms with Gasteiger partial charge in [0.15, 0.2) is 23.3 Å². The lowest BCUT2D eigenvalue weighted by atomic mass is 9.95. The number of rotatable bonds is 8. The van der Waals surface area contributed by atoms with Gasteiger partial charge in [0.2, 0.25) is 0 Å². The standard InChI is InChI=1S/C14H23F2N3O/c1-4-7-17-12-10(15)9-11(16)13(18-12)19-14(3,5-2)6-8-20/h9,20H,4-8H2,1-3H3,(H2,17,18,19). The third-order valence-corrected chi connectivity index (χ3v) is 3.34. The van der Waals surface area contributed by atoms with Gasteiger partial charge in [0.25, 0.3) is 0 Å². The fraction of sp³-hybridized carbons (Fsp3) is 0.643. The quantitative estimate of drug-likeness (QED) is 0.687. The number of hydrogen-bond donors (Lipinski definition) is 3. The molecule has 0 aromatic carbocycles. The Kier molecular flexibility index (Phi) is 6.13. The van der Waals surface area contributed by atoms with Crippen molar-refractivity contribution < 1.29 is 13.9 Å². The summed E-state index contributed by atoms with van der Waals surface area (Å²) in [6.45, 7) is 6.30. The molecule has 3 N–H and O–H groups in total. The van der Waals surface area contributed by atoms with E-state index in [0.29, 0.717) is 19.4 Å². The predicted octanol–water partition coefficient (Wildman–Crippen LogP) is 3.14. The number of nitrogens with zero attached hydrogens (tertiary/aromatic N) is 1. The van der Waals surface area contributed by atoms with Crippen LogP contribution in [-0.2, 0) is 0 Å². The fourth-order valence-electron chi connectivity index (χ4n) is 1.78. The van der Waals surface area contributed by atoms with Gasteiger partial charge >= 0.3 is 0 Å². The Balaban J connectivity index is 2.99. The molecule has 0 fully saturated rings. The Morgan fingerprint density at radius 2 is 1.90 bits per heavy atom. The molecule has 0 radical (unpaired) electrons. The highest BCUT2D eigenvalue weighted by Crippen LogP contribution is 2.25. The Morgan fingerprint density at radius 3 is 2.45 bits per heavy atom. The Hall–Kier alpha value is -1.43. The van der Waals surface area contributed by atoms with Gasteiger partial charge in [-0.25, -0.2) is 13.8 Å². The molecule has 6 heteroatoms. The minimum absolute atomic E-state index is 0.00260. The van der Waals surface area contributed by atoms with Gasteiger partial charge in [0, 0.05) is 24.8 Å². The maximum absolute atomic E-state index is 13.8. The number of nitrogens with one attached hydrogen (secondary N) is 2. The van der Waals surface area contributed by atoms with E-state index in [0.717, 1.165) is 12.5 Å². The highest BCUT2D eigenvalue weighted by Gasteiger charge is 2.24. The monoisotopic (exact) mass is 287 g/mol. The molecule has 0 saturated carbocycles. The Labute approximate surface area is 118 Å². The summed E-state index contributed by atoms with van der Waals surface area (Å²) >= 11 is 0. The van der Waals surface area contributed by atoms with Crippen LogP contribution in [0.3, 0.4) is 0 Å². The van der Waals surface area contributed by atoms with E-state index < -0.39 is 17.2 Å². The number of halogens is 2. The maximum atomic E-state index is 13.8. The summed E-state index contributed by atoms with van der Waals surface area (Å²) in [7, 11) is 0. The van der Waals surface area contributed by atoms with Crippen LogP contribution in [0, 0.1) is 11.6 Å². The molecule has 0 spiro atoms. The van der Waals surface area contributed by atoms with E-state index in [1.165, 1.54) is 0 Å². The van der Waals surface area contributed by atoms with Crippen molar-refractivity contribution in [3.63, 3.8) is 0 Å². The highest BCUT2D eigenvalue weighted by molar-refractivity contribution is 5.48. The third kappa shape index (κ3) is 4.30. The molecule has 1 aromatic heterocycles. The lowest BCUT2D eigenvalue weighted by molar-refractivity contribution is 0.251. The smallest absolute Gasteiger partial charge is 0.168 e. The summed E-state index contributed by atoms with van der Waals surface area (Å²) < 4.78 is 27.4. The second-order valence-corrected chi connectivity index (χ2v) is 5.09. The van der Waals surface area contributed by atoms with Gasteiger partial charge in [0.1, 0.15) is 0 Å². The summed E-state index contributed by atoms with van der Waals surface area (Å²) in [6.07, 6.45) is 1.96. The first-order valence-corrected chi connectivity index (χ1v) is 6.94. The molecule has 20 heavy (non-hydrogen) atoms. The molecule has 0 aliphatic heterocycles. The van der Waals surface area contributed by atoms with Crippen molar-refractivity contribution in [1.82, 2.24) is 4.98 Å². The first-order chi connectivity index (χ1) is 9.45. The molecule has 1 rings (SSSR count). The second-order valence-electron chi connectivity index (χ2n) is 5.09. The molecular formula is C14H23F2N3O. The molecule has 0 aliphatic carbocycles. The van der Waals surface area contributed by atoms with Crippen LogP contribution in [0.5, 0.6) is 0 Å². The van der Waals surface area contributed by atoms with Crippen LogP contribution < -0.4 is 10.6 Å². The zero-order chi connectivity index (χ0) is 15.2. The molecule has 0 amide bonds. The van der Waals surface area contributed by atoms with Crippen LogP contribution in [0.4, 0.5) is 20.4 Å². The van der Waals surface area contributed by atoms with E-state index in [4.69, 9.17) is 5.11 Å². The van der Waals surface area contributed by atoms with Gasteiger partial charge in [0.05, 0.1) is 0 Å². The molecule has 1 atom stereocenters. The average Bonchev–Trinajstić information content (AvgIpc) is 2.41. The van der Waals surface area contributed by atoms with Gasteiger partial charge in [-0.1, -0.05) is 13.8 Å². The van der Waals surface area contributed by atoms with Crippen LogP contribution in [0.1, 0.15) is 40.0 Å². The van der Waals surface area contributed by atoms with Crippen molar-refractivity contribution in [3.8, 4) is 0 Å². The van der Waals surface area contributed by atoms with E-state index in [1.807, 2.05) is 20.8 Å². The van der Waals surface area contributed by atoms with Gasteiger partial charge in [-0.2, -0.15) is 0 Å². The van der Waals surface area contributed by atoms with Gasteiger partial charge in [-0.05, 0) is 26.2 Å². The van der Waals surface area contributed by atoms with Crippen LogP contribution in [-0.4, -0.2) is 28.8 Å². The van der Waals surface area contributed by atoms with E-state index in [1.54, 1.807) is 0 Å². The molecule has 0 saturated heterocycles. The van der Waals surface area contributed by atoms with E-state index >= 15 is 0 Å². The largest absolute Gasteiger partial charge is 0.396 e. The van der Waals surface area contributed by atoms with E-state index in [9.17, 15) is 8.78 Å². The molecule has 1 heterocycles. The van der Waals surface area contributed by atoms with Crippen molar-refractivity contribution in [1.29, 1.82) is 0 Å². The molecule has 1 aromatic rings. The van der Waals surface area contributed by atoms with Crippen molar-refractivity contribution in [2.75, 3.05) is 23.8 Å². The summed E-state index contributed by atoms with van der Waals surface area (Å²) in [5, 5.41) is 14.9. The van der Waals surface area contributed by atoms with Crippen molar-refractivity contribution >= 4 is 11.6 Å². The van der Waals surface area contributed by atoms with Crippen LogP contribution in [0.15, 0.2) is 6.07 Å². The molecular weight excluding hydrogens is 264 g/mol. The second kappa shape index (κ2) is 7.38. The predicted molar refractivity (Wildman–Crippen MR) is 77.0 cm³/mol. The maximum Gasteiger partial charge on any atom is 0.168 e. The minimum atomic E-state index is -0.734. The van der Waals surface area contributed by atoms with E-state index in [2.05, 4.69) is 15.6 Å². The third-order valence-electron chi connectivity index (χ3n) is 3.34. The lowest BCUT2D eigenvalue weighted by Crippen LogP contribution is -2.36. The highest BCUT2D eigenvalue weighted by atomic mass is 19.1. The minimum Gasteiger partial charge on any atom is -0.396 e. The topological polar surface area (TPSA) is 57.2 Å². The Bertz CT molecular complexity index is 443. The summed E-state index contributed by atoms with van der Waals surface area (Å²) in [4.78, 5) is 3.97. The number of aliphatic hydroxyl groups is 1. The fourth-order valence-corrected chi connectivity index (χ4v) is 1.78. The number of aliphatic hydroxyl groups excluding tert-OH is 1. The average molecular weight is 287 g/mol. The summed E-state index contributed by atoms with van der Waals surface area (Å²) in [5.41, 5.74) is -0.484. The number of anilines is 2. The number of pyridine rings is 1. The van der Waals surface area contributed by atoms with Crippen molar-refractivity contribution in [3.05, 3.63) is 17.7 Å². The molecule has 0 bridgehead atoms. The number of hydrogen-bond acceptors (Lipinski definition) is 4. The van der Waals surface area contributed by atoms with Crippen molar-refractivity contribution in [2.45, 2.75) is 45.6 Å². The van der Waals surface area contributed by atoms with Crippen LogP contribution in [0.2, 0.25) is 0 Å². The van der Waals surface area contributed by atoms with Crippen LogP contribution >= 0.6 is 0 Å². The first kappa shape index (κ1) is 16.6. The number of aromatic nitrogens is 1. The SMILES string of the molecule is CCCNc1nc(NC(C)(CC)CCO)c(F)cc1F. The molecule has 1 unspecified atom stereocenters.